The Morgan fingerprint density at radius 1 is 1.40 bits per heavy atom. The molecule has 20 heavy (non-hydrogen) atoms. The summed E-state index contributed by atoms with van der Waals surface area (Å²) in [6.07, 6.45) is 0.459. The monoisotopic (exact) mass is 295 g/mol. The minimum Gasteiger partial charge on any atom is -0.479 e. The van der Waals surface area contributed by atoms with Crippen molar-refractivity contribution >= 4 is 23.6 Å². The summed E-state index contributed by atoms with van der Waals surface area (Å²) in [5.74, 6) is -0.152. The van der Waals surface area contributed by atoms with Gasteiger partial charge in [-0.05, 0) is 29.9 Å². The van der Waals surface area contributed by atoms with Crippen molar-refractivity contribution in [3.63, 3.8) is 0 Å². The first kappa shape index (κ1) is 14.9. The van der Waals surface area contributed by atoms with E-state index >= 15 is 0 Å². The van der Waals surface area contributed by atoms with E-state index in [0.29, 0.717) is 24.3 Å². The second-order valence-electron chi connectivity index (χ2n) is 4.77. The van der Waals surface area contributed by atoms with Crippen LogP contribution in [-0.2, 0) is 16.1 Å². The smallest absolute Gasteiger partial charge is 0.330 e. The predicted molar refractivity (Wildman–Crippen MR) is 76.9 cm³/mol. The molecule has 2 N–H and O–H groups in total. The summed E-state index contributed by atoms with van der Waals surface area (Å²) in [5, 5.41) is 12.0. The van der Waals surface area contributed by atoms with Crippen LogP contribution in [0.5, 0.6) is 0 Å². The number of methoxy groups -OCH3 is 1. The number of aliphatic carboxylic acids is 1. The summed E-state index contributed by atoms with van der Waals surface area (Å²) < 4.78 is 5.00. The molecule has 1 aliphatic heterocycles. The van der Waals surface area contributed by atoms with Crippen molar-refractivity contribution in [1.29, 1.82) is 0 Å². The third-order valence-electron chi connectivity index (χ3n) is 3.31. The van der Waals surface area contributed by atoms with Gasteiger partial charge in [-0.2, -0.15) is 11.8 Å². The molecule has 1 aliphatic rings. The number of hydrogen-bond acceptors (Lipinski definition) is 4. The minimum atomic E-state index is -1.13. The highest BCUT2D eigenvalue weighted by atomic mass is 32.2. The number of ether oxygens (including phenoxy) is 1. The lowest BCUT2D eigenvalue weighted by Gasteiger charge is -2.24. The average Bonchev–Trinajstić information content (AvgIpc) is 2.90. The molecule has 1 atom stereocenters. The number of carboxylic acids is 1. The van der Waals surface area contributed by atoms with Crippen molar-refractivity contribution < 1.29 is 19.4 Å². The Kier molecular flexibility index (Phi) is 4.67. The van der Waals surface area contributed by atoms with Crippen LogP contribution >= 0.6 is 11.8 Å². The molecule has 5 nitrogen and oxygen atoms in total. The van der Waals surface area contributed by atoms with Gasteiger partial charge in [-0.1, -0.05) is 12.1 Å². The molecular formula is C14H17NO4S. The first-order chi connectivity index (χ1) is 9.57. The van der Waals surface area contributed by atoms with E-state index in [4.69, 9.17) is 4.74 Å². The lowest BCUT2D eigenvalue weighted by Crippen LogP contribution is -2.54. The van der Waals surface area contributed by atoms with Gasteiger partial charge in [0.25, 0.3) is 5.91 Å². The third-order valence-corrected chi connectivity index (χ3v) is 4.50. The summed E-state index contributed by atoms with van der Waals surface area (Å²) in [6.45, 7) is 0.484. The summed E-state index contributed by atoms with van der Waals surface area (Å²) in [4.78, 5) is 23.5. The Morgan fingerprint density at radius 3 is 2.60 bits per heavy atom. The quantitative estimate of drug-likeness (QED) is 0.861. The molecule has 2 rings (SSSR count). The molecule has 1 aromatic rings. The molecule has 1 heterocycles. The van der Waals surface area contributed by atoms with Gasteiger partial charge < -0.3 is 15.2 Å². The SMILES string of the molecule is COCc1ccc(C(=O)N[C@@]2(C(=O)O)CCSC2)cc1. The third kappa shape index (κ3) is 3.13. The van der Waals surface area contributed by atoms with Crippen LogP contribution in [0, 0.1) is 0 Å². The maximum Gasteiger partial charge on any atom is 0.330 e. The van der Waals surface area contributed by atoms with Crippen molar-refractivity contribution in [2.45, 2.75) is 18.6 Å². The Balaban J connectivity index is 2.09. The molecule has 1 fully saturated rings. The lowest BCUT2D eigenvalue weighted by molar-refractivity contribution is -0.143. The van der Waals surface area contributed by atoms with Crippen LogP contribution in [-0.4, -0.2) is 41.1 Å². The van der Waals surface area contributed by atoms with E-state index in [9.17, 15) is 14.7 Å². The standard InChI is InChI=1S/C14H17NO4S/c1-19-8-10-2-4-11(5-3-10)12(16)15-14(13(17)18)6-7-20-9-14/h2-5H,6-9H2,1H3,(H,15,16)(H,17,18)/t14-/m0/s1. The van der Waals surface area contributed by atoms with E-state index in [1.807, 2.05) is 0 Å². The van der Waals surface area contributed by atoms with Crippen LogP contribution in [0.4, 0.5) is 0 Å². The fourth-order valence-corrected chi connectivity index (χ4v) is 3.42. The van der Waals surface area contributed by atoms with Gasteiger partial charge in [-0.3, -0.25) is 4.79 Å². The van der Waals surface area contributed by atoms with E-state index < -0.39 is 11.5 Å². The van der Waals surface area contributed by atoms with Gasteiger partial charge in [0.05, 0.1) is 6.61 Å². The van der Waals surface area contributed by atoms with Crippen LogP contribution in [0.25, 0.3) is 0 Å². The van der Waals surface area contributed by atoms with Crippen LogP contribution in [0.1, 0.15) is 22.3 Å². The van der Waals surface area contributed by atoms with Gasteiger partial charge in [-0.25, -0.2) is 4.79 Å². The van der Waals surface area contributed by atoms with Crippen LogP contribution in [0.3, 0.4) is 0 Å². The van der Waals surface area contributed by atoms with Crippen molar-refractivity contribution in [3.8, 4) is 0 Å². The number of carbonyl (C=O) groups excluding carboxylic acids is 1. The Morgan fingerprint density at radius 2 is 2.10 bits per heavy atom. The van der Waals surface area contributed by atoms with Crippen LogP contribution in [0.15, 0.2) is 24.3 Å². The number of hydrogen-bond donors (Lipinski definition) is 2. The molecule has 0 radical (unpaired) electrons. The number of rotatable bonds is 5. The molecule has 0 aromatic heterocycles. The van der Waals surface area contributed by atoms with Gasteiger partial charge in [0.2, 0.25) is 0 Å². The van der Waals surface area contributed by atoms with Crippen molar-refractivity contribution in [2.75, 3.05) is 18.6 Å². The molecule has 1 saturated heterocycles. The number of benzene rings is 1. The molecule has 0 saturated carbocycles. The molecule has 0 spiro atoms. The number of amides is 1. The molecule has 1 amide bonds. The van der Waals surface area contributed by atoms with Crippen LogP contribution in [0.2, 0.25) is 0 Å². The lowest BCUT2D eigenvalue weighted by atomic mass is 9.98. The van der Waals surface area contributed by atoms with Crippen molar-refractivity contribution in [3.05, 3.63) is 35.4 Å². The second kappa shape index (κ2) is 6.28. The van der Waals surface area contributed by atoms with E-state index in [1.165, 1.54) is 0 Å². The summed E-state index contributed by atoms with van der Waals surface area (Å²) in [6, 6.07) is 6.97. The van der Waals surface area contributed by atoms with Crippen molar-refractivity contribution in [2.24, 2.45) is 0 Å². The fraction of sp³-hybridized carbons (Fsp3) is 0.429. The Hall–Kier alpha value is -1.53. The first-order valence-corrected chi connectivity index (χ1v) is 7.44. The topological polar surface area (TPSA) is 75.6 Å². The summed E-state index contributed by atoms with van der Waals surface area (Å²) >= 11 is 1.54. The maximum atomic E-state index is 12.2. The van der Waals surface area contributed by atoms with Gasteiger partial charge >= 0.3 is 5.97 Å². The molecule has 0 aliphatic carbocycles. The Labute approximate surface area is 121 Å². The zero-order valence-corrected chi connectivity index (χ0v) is 12.0. The molecule has 1 aromatic carbocycles. The van der Waals surface area contributed by atoms with Crippen molar-refractivity contribution in [1.82, 2.24) is 5.32 Å². The van der Waals surface area contributed by atoms with Gasteiger partial charge in [0.15, 0.2) is 0 Å². The number of nitrogens with one attached hydrogen (secondary N) is 1. The highest BCUT2D eigenvalue weighted by molar-refractivity contribution is 7.99. The first-order valence-electron chi connectivity index (χ1n) is 6.29. The maximum absolute atomic E-state index is 12.2. The van der Waals surface area contributed by atoms with Gasteiger partial charge in [0, 0.05) is 18.4 Å². The number of carbonyl (C=O) groups is 2. The predicted octanol–water partition coefficient (Wildman–Crippen LogP) is 1.52. The zero-order valence-electron chi connectivity index (χ0n) is 11.2. The fourth-order valence-electron chi connectivity index (χ4n) is 2.09. The van der Waals surface area contributed by atoms with E-state index in [-0.39, 0.29) is 5.91 Å². The highest BCUT2D eigenvalue weighted by Crippen LogP contribution is 2.28. The van der Waals surface area contributed by atoms with E-state index in [1.54, 1.807) is 43.1 Å². The number of carboxylic acid groups (broad SMARTS) is 1. The zero-order chi connectivity index (χ0) is 14.6. The minimum absolute atomic E-state index is 0.348. The normalized spacial score (nSPS) is 21.6. The average molecular weight is 295 g/mol. The molecule has 0 bridgehead atoms. The molecular weight excluding hydrogens is 278 g/mol. The van der Waals surface area contributed by atoms with E-state index in [0.717, 1.165) is 11.3 Å². The Bertz CT molecular complexity index is 494. The summed E-state index contributed by atoms with van der Waals surface area (Å²) in [5.41, 5.74) is 0.295. The van der Waals surface area contributed by atoms with Gasteiger partial charge in [-0.15, -0.1) is 0 Å². The highest BCUT2D eigenvalue weighted by Gasteiger charge is 2.43. The molecule has 108 valence electrons. The number of thioether (sulfide) groups is 1. The largest absolute Gasteiger partial charge is 0.479 e. The second-order valence-corrected chi connectivity index (χ2v) is 5.88. The van der Waals surface area contributed by atoms with Gasteiger partial charge in [0.1, 0.15) is 5.54 Å². The van der Waals surface area contributed by atoms with E-state index in [2.05, 4.69) is 5.32 Å². The summed E-state index contributed by atoms with van der Waals surface area (Å²) in [7, 11) is 1.61. The van der Waals surface area contributed by atoms with Crippen LogP contribution < -0.4 is 5.32 Å². The molecule has 0 unspecified atom stereocenters. The molecule has 6 heteroatoms.